The lowest BCUT2D eigenvalue weighted by Crippen LogP contribution is -2.34. The van der Waals surface area contributed by atoms with Crippen molar-refractivity contribution in [2.24, 2.45) is 11.3 Å². The maximum absolute atomic E-state index is 11.5. The number of nitrogens with one attached hydrogen (secondary N) is 1. The lowest BCUT2D eigenvalue weighted by molar-refractivity contribution is -0.151. The van der Waals surface area contributed by atoms with Crippen molar-refractivity contribution in [3.63, 3.8) is 0 Å². The first kappa shape index (κ1) is 8.05. The van der Waals surface area contributed by atoms with Gasteiger partial charge in [-0.25, -0.2) is 0 Å². The summed E-state index contributed by atoms with van der Waals surface area (Å²) in [4.78, 5) is 11.5. The van der Waals surface area contributed by atoms with E-state index in [1.165, 1.54) is 0 Å². The number of carbonyl (C=O) groups excluding carboxylic acids is 1. The van der Waals surface area contributed by atoms with E-state index >= 15 is 0 Å². The van der Waals surface area contributed by atoms with Crippen molar-refractivity contribution < 1.29 is 9.53 Å². The molecule has 1 aliphatic heterocycles. The van der Waals surface area contributed by atoms with Gasteiger partial charge in [-0.15, -0.1) is 0 Å². The fourth-order valence-corrected chi connectivity index (χ4v) is 2.17. The van der Waals surface area contributed by atoms with Crippen molar-refractivity contribution in [3.8, 4) is 0 Å². The van der Waals surface area contributed by atoms with Crippen molar-refractivity contribution in [1.82, 2.24) is 5.32 Å². The zero-order chi connectivity index (χ0) is 8.60. The van der Waals surface area contributed by atoms with Crippen LogP contribution in [0.25, 0.3) is 0 Å². The number of ether oxygens (including phenoxy) is 1. The Bertz CT molecular complexity index is 205. The molecular formula is C9H15NO2. The zero-order valence-corrected chi connectivity index (χ0v) is 7.43. The number of hydrogen-bond donors (Lipinski definition) is 1. The van der Waals surface area contributed by atoms with Crippen LogP contribution in [-0.4, -0.2) is 25.7 Å². The highest BCUT2D eigenvalue weighted by atomic mass is 16.5. The SMILES string of the molecule is CCOC(=O)[C@@]12CCNCC1C2. The van der Waals surface area contributed by atoms with Crippen LogP contribution < -0.4 is 5.32 Å². The van der Waals surface area contributed by atoms with Crippen molar-refractivity contribution >= 4 is 5.97 Å². The molecule has 0 aromatic rings. The van der Waals surface area contributed by atoms with Crippen LogP contribution >= 0.6 is 0 Å². The molecule has 2 rings (SSSR count). The molecule has 0 aromatic heterocycles. The summed E-state index contributed by atoms with van der Waals surface area (Å²) in [6, 6.07) is 0. The minimum Gasteiger partial charge on any atom is -0.466 e. The Kier molecular flexibility index (Phi) is 1.83. The fraction of sp³-hybridized carbons (Fsp3) is 0.889. The molecule has 2 atom stereocenters. The van der Waals surface area contributed by atoms with Gasteiger partial charge in [0, 0.05) is 0 Å². The van der Waals surface area contributed by atoms with Crippen LogP contribution in [0.1, 0.15) is 19.8 Å². The van der Waals surface area contributed by atoms with Crippen LogP contribution in [-0.2, 0) is 9.53 Å². The average Bonchev–Trinajstić information content (AvgIpc) is 2.79. The van der Waals surface area contributed by atoms with Crippen LogP contribution in [0.4, 0.5) is 0 Å². The Labute approximate surface area is 72.5 Å². The third-order valence-electron chi connectivity index (χ3n) is 3.05. The minimum atomic E-state index is -0.0682. The number of hydrogen-bond acceptors (Lipinski definition) is 3. The Morgan fingerprint density at radius 2 is 2.58 bits per heavy atom. The fourth-order valence-electron chi connectivity index (χ4n) is 2.17. The van der Waals surface area contributed by atoms with E-state index in [1.54, 1.807) is 0 Å². The molecule has 2 aliphatic rings. The molecule has 1 N–H and O–H groups in total. The van der Waals surface area contributed by atoms with E-state index in [1.807, 2.05) is 6.92 Å². The van der Waals surface area contributed by atoms with E-state index < -0.39 is 0 Å². The van der Waals surface area contributed by atoms with E-state index in [0.717, 1.165) is 25.9 Å². The van der Waals surface area contributed by atoms with E-state index in [0.29, 0.717) is 12.5 Å². The summed E-state index contributed by atoms with van der Waals surface area (Å²) >= 11 is 0. The highest BCUT2D eigenvalue weighted by Crippen LogP contribution is 2.57. The molecule has 0 radical (unpaired) electrons. The summed E-state index contributed by atoms with van der Waals surface area (Å²) < 4.78 is 5.06. The van der Waals surface area contributed by atoms with Crippen molar-refractivity contribution in [2.45, 2.75) is 19.8 Å². The van der Waals surface area contributed by atoms with Gasteiger partial charge >= 0.3 is 5.97 Å². The van der Waals surface area contributed by atoms with E-state index in [-0.39, 0.29) is 11.4 Å². The highest BCUT2D eigenvalue weighted by Gasteiger charge is 2.61. The molecule has 0 spiro atoms. The molecule has 1 aliphatic carbocycles. The monoisotopic (exact) mass is 169 g/mol. The molecule has 68 valence electrons. The van der Waals surface area contributed by atoms with Crippen LogP contribution in [0, 0.1) is 11.3 Å². The number of piperidine rings is 1. The summed E-state index contributed by atoms with van der Waals surface area (Å²) in [5, 5.41) is 3.29. The highest BCUT2D eigenvalue weighted by molar-refractivity contribution is 5.81. The summed E-state index contributed by atoms with van der Waals surface area (Å²) in [5.74, 6) is 0.599. The maximum Gasteiger partial charge on any atom is 0.312 e. The quantitative estimate of drug-likeness (QED) is 0.613. The molecule has 3 nitrogen and oxygen atoms in total. The predicted octanol–water partition coefficient (Wildman–Crippen LogP) is 0.549. The van der Waals surface area contributed by atoms with Crippen LogP contribution in [0.5, 0.6) is 0 Å². The first-order chi connectivity index (χ1) is 5.79. The summed E-state index contributed by atoms with van der Waals surface area (Å²) in [5.41, 5.74) is -0.0682. The molecule has 2 fully saturated rings. The van der Waals surface area contributed by atoms with Gasteiger partial charge < -0.3 is 10.1 Å². The summed E-state index contributed by atoms with van der Waals surface area (Å²) in [6.45, 7) is 4.35. The van der Waals surface area contributed by atoms with Gasteiger partial charge in [0.05, 0.1) is 12.0 Å². The van der Waals surface area contributed by atoms with Gasteiger partial charge in [-0.05, 0) is 38.8 Å². The summed E-state index contributed by atoms with van der Waals surface area (Å²) in [7, 11) is 0. The molecule has 0 aromatic carbocycles. The standard InChI is InChI=1S/C9H15NO2/c1-2-12-8(11)9-3-4-10-6-7(9)5-9/h7,10H,2-6H2,1H3/t7?,9-/m1/s1. The van der Waals surface area contributed by atoms with Crippen LogP contribution in [0.3, 0.4) is 0 Å². The third-order valence-corrected chi connectivity index (χ3v) is 3.05. The third kappa shape index (κ3) is 1.04. The van der Waals surface area contributed by atoms with E-state index in [9.17, 15) is 4.79 Å². The first-order valence-electron chi connectivity index (χ1n) is 4.67. The van der Waals surface area contributed by atoms with Crippen LogP contribution in [0.15, 0.2) is 0 Å². The van der Waals surface area contributed by atoms with Gasteiger partial charge in [-0.3, -0.25) is 4.79 Å². The second-order valence-electron chi connectivity index (χ2n) is 3.73. The Morgan fingerprint density at radius 1 is 1.75 bits per heavy atom. The number of rotatable bonds is 2. The second kappa shape index (κ2) is 2.73. The van der Waals surface area contributed by atoms with Gasteiger partial charge in [-0.2, -0.15) is 0 Å². The molecule has 1 heterocycles. The number of carbonyl (C=O) groups is 1. The topological polar surface area (TPSA) is 38.3 Å². The van der Waals surface area contributed by atoms with Crippen molar-refractivity contribution in [1.29, 1.82) is 0 Å². The van der Waals surface area contributed by atoms with Gasteiger partial charge in [-0.1, -0.05) is 0 Å². The van der Waals surface area contributed by atoms with Gasteiger partial charge in [0.2, 0.25) is 0 Å². The normalized spacial score (nSPS) is 38.6. The lowest BCUT2D eigenvalue weighted by atomic mass is 9.96. The van der Waals surface area contributed by atoms with Gasteiger partial charge in [0.15, 0.2) is 0 Å². The number of esters is 1. The van der Waals surface area contributed by atoms with Crippen molar-refractivity contribution in [2.75, 3.05) is 19.7 Å². The van der Waals surface area contributed by atoms with E-state index in [4.69, 9.17) is 4.74 Å². The molecule has 0 bridgehead atoms. The van der Waals surface area contributed by atoms with Gasteiger partial charge in [0.25, 0.3) is 0 Å². The minimum absolute atomic E-state index is 0.0384. The van der Waals surface area contributed by atoms with Gasteiger partial charge in [0.1, 0.15) is 0 Å². The molecule has 3 heteroatoms. The molecule has 1 saturated heterocycles. The predicted molar refractivity (Wildman–Crippen MR) is 44.7 cm³/mol. The zero-order valence-electron chi connectivity index (χ0n) is 7.43. The largest absolute Gasteiger partial charge is 0.466 e. The number of fused-ring (bicyclic) bond motifs is 1. The van der Waals surface area contributed by atoms with Crippen LogP contribution in [0.2, 0.25) is 0 Å². The van der Waals surface area contributed by atoms with Crippen molar-refractivity contribution in [3.05, 3.63) is 0 Å². The molecule has 1 unspecified atom stereocenters. The Morgan fingerprint density at radius 3 is 3.25 bits per heavy atom. The molecular weight excluding hydrogens is 154 g/mol. The van der Waals surface area contributed by atoms with E-state index in [2.05, 4.69) is 5.32 Å². The average molecular weight is 169 g/mol. The summed E-state index contributed by atoms with van der Waals surface area (Å²) in [6.07, 6.45) is 2.01. The molecule has 12 heavy (non-hydrogen) atoms. The lowest BCUT2D eigenvalue weighted by Gasteiger charge is -2.20. The second-order valence-corrected chi connectivity index (χ2v) is 3.73. The Balaban J connectivity index is 1.98. The Hall–Kier alpha value is -0.570. The molecule has 0 amide bonds. The smallest absolute Gasteiger partial charge is 0.312 e. The first-order valence-corrected chi connectivity index (χ1v) is 4.67. The maximum atomic E-state index is 11.5. The molecule has 1 saturated carbocycles.